The van der Waals surface area contributed by atoms with Gasteiger partial charge in [0.15, 0.2) is 0 Å². The Kier molecular flexibility index (Phi) is 6.07. The molecule has 6 nitrogen and oxygen atoms in total. The van der Waals surface area contributed by atoms with Crippen LogP contribution in [0.25, 0.3) is 0 Å². The normalized spacial score (nSPS) is 25.3. The molecule has 2 saturated heterocycles. The fourth-order valence-corrected chi connectivity index (χ4v) is 5.09. The van der Waals surface area contributed by atoms with Gasteiger partial charge in [0, 0.05) is 45.1 Å². The Bertz CT molecular complexity index is 591. The molecule has 140 valence electrons. The lowest BCUT2D eigenvalue weighted by molar-refractivity contribution is -0.140. The zero-order valence-corrected chi connectivity index (χ0v) is 16.5. The first-order valence-electron chi connectivity index (χ1n) is 9.33. The van der Waals surface area contributed by atoms with E-state index in [9.17, 15) is 4.79 Å². The van der Waals surface area contributed by atoms with Gasteiger partial charge in [0.2, 0.25) is 5.91 Å². The minimum absolute atomic E-state index is 0.246. The summed E-state index contributed by atoms with van der Waals surface area (Å²) in [5.41, 5.74) is 1.39. The van der Waals surface area contributed by atoms with Crippen molar-refractivity contribution in [3.05, 3.63) is 10.6 Å². The summed E-state index contributed by atoms with van der Waals surface area (Å²) in [7, 11) is 1.70. The largest absolute Gasteiger partial charge is 0.383 e. The zero-order valence-electron chi connectivity index (χ0n) is 15.7. The molecule has 0 bridgehead atoms. The smallest absolute Gasteiger partial charge is 0.222 e. The average Bonchev–Trinajstić information content (AvgIpc) is 3.04. The molecule has 1 aromatic rings. The Balaban J connectivity index is 1.65. The van der Waals surface area contributed by atoms with Gasteiger partial charge in [0.25, 0.3) is 0 Å². The van der Waals surface area contributed by atoms with Crippen LogP contribution in [0.2, 0.25) is 0 Å². The first-order chi connectivity index (χ1) is 12.0. The number of amides is 1. The number of hydrogen-bond donors (Lipinski definition) is 0. The molecule has 1 atom stereocenters. The second-order valence-electron chi connectivity index (χ2n) is 7.86. The molecule has 0 aromatic carbocycles. The molecule has 2 aliphatic rings. The second-order valence-corrected chi connectivity index (χ2v) is 8.70. The van der Waals surface area contributed by atoms with E-state index in [1.165, 1.54) is 29.3 Å². The molecule has 0 N–H and O–H groups in total. The third kappa shape index (κ3) is 4.38. The van der Waals surface area contributed by atoms with Crippen LogP contribution in [0.4, 0.5) is 0 Å². The van der Waals surface area contributed by atoms with Crippen LogP contribution in [-0.2, 0) is 16.1 Å². The molecule has 2 aliphatic heterocycles. The van der Waals surface area contributed by atoms with E-state index in [2.05, 4.69) is 28.3 Å². The lowest BCUT2D eigenvalue weighted by atomic mass is 9.73. The Morgan fingerprint density at radius 3 is 2.92 bits per heavy atom. The minimum atomic E-state index is 0.246. The van der Waals surface area contributed by atoms with Gasteiger partial charge in [-0.05, 0) is 43.3 Å². The van der Waals surface area contributed by atoms with Crippen molar-refractivity contribution in [1.29, 1.82) is 0 Å². The molecule has 0 saturated carbocycles. The first-order valence-corrected chi connectivity index (χ1v) is 10.1. The second kappa shape index (κ2) is 8.10. The highest BCUT2D eigenvalue weighted by atomic mass is 32.1. The Morgan fingerprint density at radius 2 is 2.16 bits per heavy atom. The van der Waals surface area contributed by atoms with E-state index in [1.54, 1.807) is 7.11 Å². The molecule has 7 heteroatoms. The van der Waals surface area contributed by atoms with Crippen molar-refractivity contribution in [1.82, 2.24) is 19.4 Å². The summed E-state index contributed by atoms with van der Waals surface area (Å²) in [6.07, 6.45) is 4.12. The maximum Gasteiger partial charge on any atom is 0.222 e. The van der Waals surface area contributed by atoms with E-state index in [-0.39, 0.29) is 11.3 Å². The summed E-state index contributed by atoms with van der Waals surface area (Å²) < 4.78 is 9.35. The van der Waals surface area contributed by atoms with Gasteiger partial charge < -0.3 is 9.64 Å². The highest BCUT2D eigenvalue weighted by Crippen LogP contribution is 2.39. The van der Waals surface area contributed by atoms with Crippen molar-refractivity contribution in [3.63, 3.8) is 0 Å². The van der Waals surface area contributed by atoms with Gasteiger partial charge in [-0.15, -0.1) is 5.10 Å². The number of carbonyl (C=O) groups is 1. The summed E-state index contributed by atoms with van der Waals surface area (Å²) in [5, 5.41) is 4.32. The van der Waals surface area contributed by atoms with Gasteiger partial charge in [-0.1, -0.05) is 18.3 Å². The minimum Gasteiger partial charge on any atom is -0.383 e. The molecule has 2 fully saturated rings. The van der Waals surface area contributed by atoms with Crippen LogP contribution in [0.3, 0.4) is 0 Å². The maximum absolute atomic E-state index is 12.2. The van der Waals surface area contributed by atoms with Crippen LogP contribution in [0, 0.1) is 5.41 Å². The lowest BCUT2D eigenvalue weighted by Gasteiger charge is -2.48. The van der Waals surface area contributed by atoms with E-state index in [4.69, 9.17) is 4.74 Å². The van der Waals surface area contributed by atoms with E-state index < -0.39 is 0 Å². The van der Waals surface area contributed by atoms with Crippen molar-refractivity contribution < 1.29 is 9.53 Å². The number of piperidine rings is 2. The van der Waals surface area contributed by atoms with Gasteiger partial charge in [0.05, 0.1) is 17.2 Å². The molecule has 1 amide bonds. The summed E-state index contributed by atoms with van der Waals surface area (Å²) >= 11 is 1.53. The van der Waals surface area contributed by atoms with Crippen molar-refractivity contribution in [2.45, 2.75) is 52.0 Å². The molecule has 1 spiro atoms. The van der Waals surface area contributed by atoms with Crippen molar-refractivity contribution in [2.75, 3.05) is 39.9 Å². The summed E-state index contributed by atoms with van der Waals surface area (Å²) in [5.74, 6) is 0.706. The summed E-state index contributed by atoms with van der Waals surface area (Å²) in [6.45, 7) is 9.71. The first kappa shape index (κ1) is 18.7. The number of ether oxygens (including phenoxy) is 1. The van der Waals surface area contributed by atoms with Crippen molar-refractivity contribution >= 4 is 17.4 Å². The van der Waals surface area contributed by atoms with E-state index in [0.29, 0.717) is 25.5 Å². The third-order valence-electron chi connectivity index (χ3n) is 5.55. The van der Waals surface area contributed by atoms with Crippen LogP contribution >= 0.6 is 11.5 Å². The van der Waals surface area contributed by atoms with Gasteiger partial charge >= 0.3 is 0 Å². The topological polar surface area (TPSA) is 58.6 Å². The number of rotatable bonds is 6. The van der Waals surface area contributed by atoms with E-state index >= 15 is 0 Å². The molecule has 0 aliphatic carbocycles. The monoisotopic (exact) mass is 366 g/mol. The quantitative estimate of drug-likeness (QED) is 0.774. The molecule has 25 heavy (non-hydrogen) atoms. The standard InChI is InChI=1S/C18H30N4O2S/c1-14(2)17-15(25-20-19-17)11-21-8-4-6-18(12-21)7-5-16(23)22(13-18)9-10-24-3/h14H,4-13H2,1-3H3/t18-/m1/s1. The predicted molar refractivity (Wildman–Crippen MR) is 98.6 cm³/mol. The molecular formula is C18H30N4O2S. The molecule has 0 unspecified atom stereocenters. The Labute approximate surface area is 154 Å². The summed E-state index contributed by atoms with van der Waals surface area (Å²) in [6, 6.07) is 0. The van der Waals surface area contributed by atoms with E-state index in [0.717, 1.165) is 38.3 Å². The van der Waals surface area contributed by atoms with E-state index in [1.807, 2.05) is 4.90 Å². The van der Waals surface area contributed by atoms with Gasteiger partial charge in [-0.3, -0.25) is 9.69 Å². The van der Waals surface area contributed by atoms with Crippen LogP contribution in [-0.4, -0.2) is 65.2 Å². The zero-order chi connectivity index (χ0) is 17.9. The number of carbonyl (C=O) groups excluding carboxylic acids is 1. The average molecular weight is 367 g/mol. The predicted octanol–water partition coefficient (Wildman–Crippen LogP) is 2.51. The molecule has 3 rings (SSSR count). The number of hydrogen-bond acceptors (Lipinski definition) is 6. The maximum atomic E-state index is 12.2. The van der Waals surface area contributed by atoms with Gasteiger partial charge in [-0.25, -0.2) is 0 Å². The van der Waals surface area contributed by atoms with Crippen LogP contribution in [0.15, 0.2) is 0 Å². The van der Waals surface area contributed by atoms with Crippen molar-refractivity contribution in [2.24, 2.45) is 5.41 Å². The van der Waals surface area contributed by atoms with Crippen molar-refractivity contribution in [3.8, 4) is 0 Å². The SMILES string of the molecule is COCCN1C[C@]2(CCCN(Cc3snnc3C(C)C)C2)CCC1=O. The fraction of sp³-hybridized carbons (Fsp3) is 0.833. The molecular weight excluding hydrogens is 336 g/mol. The summed E-state index contributed by atoms with van der Waals surface area (Å²) in [4.78, 5) is 18.1. The number of likely N-dealkylation sites (tertiary alicyclic amines) is 2. The van der Waals surface area contributed by atoms with Crippen LogP contribution in [0.5, 0.6) is 0 Å². The highest BCUT2D eigenvalue weighted by molar-refractivity contribution is 7.05. The lowest BCUT2D eigenvalue weighted by Crippen LogP contribution is -2.54. The number of methoxy groups -OCH3 is 1. The fourth-order valence-electron chi connectivity index (χ4n) is 4.25. The Hall–Kier alpha value is -1.05. The number of aromatic nitrogens is 2. The van der Waals surface area contributed by atoms with Gasteiger partial charge in [-0.2, -0.15) is 0 Å². The highest BCUT2D eigenvalue weighted by Gasteiger charge is 2.41. The third-order valence-corrected chi connectivity index (χ3v) is 6.28. The molecule has 0 radical (unpaired) electrons. The van der Waals surface area contributed by atoms with Gasteiger partial charge in [0.1, 0.15) is 0 Å². The molecule has 1 aromatic heterocycles. The number of nitrogens with zero attached hydrogens (tertiary/aromatic N) is 4. The van der Waals surface area contributed by atoms with Crippen LogP contribution < -0.4 is 0 Å². The Morgan fingerprint density at radius 1 is 1.32 bits per heavy atom. The van der Waals surface area contributed by atoms with Crippen LogP contribution in [0.1, 0.15) is 56.0 Å². The molecule has 3 heterocycles.